The van der Waals surface area contributed by atoms with Gasteiger partial charge in [0.15, 0.2) is 0 Å². The van der Waals surface area contributed by atoms with Gasteiger partial charge in [-0.2, -0.15) is 5.10 Å². The number of thioether (sulfide) groups is 1. The van der Waals surface area contributed by atoms with Crippen molar-refractivity contribution in [1.29, 1.82) is 0 Å². The van der Waals surface area contributed by atoms with E-state index in [9.17, 15) is 9.59 Å². The quantitative estimate of drug-likeness (QED) is 0.473. The van der Waals surface area contributed by atoms with Gasteiger partial charge in [-0.15, -0.1) is 11.8 Å². The summed E-state index contributed by atoms with van der Waals surface area (Å²) < 4.78 is 1.67. The van der Waals surface area contributed by atoms with Gasteiger partial charge in [0.25, 0.3) is 0 Å². The van der Waals surface area contributed by atoms with Gasteiger partial charge in [0.05, 0.1) is 0 Å². The summed E-state index contributed by atoms with van der Waals surface area (Å²) >= 11 is 1.61. The number of aryl methyl sites for hydroxylation is 1. The second-order valence-corrected chi connectivity index (χ2v) is 5.33. The van der Waals surface area contributed by atoms with E-state index in [0.29, 0.717) is 25.2 Å². The molecule has 2 rings (SSSR count). The second kappa shape index (κ2) is 8.18. The second-order valence-electron chi connectivity index (χ2n) is 4.45. The van der Waals surface area contributed by atoms with Crippen LogP contribution in [0.1, 0.15) is 6.42 Å². The Hall–Kier alpha value is -2.35. The van der Waals surface area contributed by atoms with E-state index in [1.807, 2.05) is 18.4 Å². The number of nitrogens with one attached hydrogen (secondary N) is 2. The van der Waals surface area contributed by atoms with Crippen molar-refractivity contribution in [2.75, 3.05) is 18.1 Å². The zero-order chi connectivity index (χ0) is 15.8. The van der Waals surface area contributed by atoms with Crippen LogP contribution in [-0.2, 0) is 16.1 Å². The first kappa shape index (κ1) is 16.0. The van der Waals surface area contributed by atoms with Gasteiger partial charge >= 0.3 is 11.8 Å². The first-order valence-electron chi connectivity index (χ1n) is 6.74. The van der Waals surface area contributed by atoms with E-state index < -0.39 is 11.8 Å². The number of carbonyl (C=O) groups excluding carboxylic acids is 2. The SMILES string of the molecule is CSc1ccc(NC(=O)C(=O)NCCCn2cncn2)cc1. The minimum Gasteiger partial charge on any atom is -0.348 e. The summed E-state index contributed by atoms with van der Waals surface area (Å²) in [6, 6.07) is 7.30. The van der Waals surface area contributed by atoms with Gasteiger partial charge in [0.1, 0.15) is 12.7 Å². The van der Waals surface area contributed by atoms with E-state index in [1.165, 1.54) is 6.33 Å². The molecule has 0 aliphatic rings. The molecule has 22 heavy (non-hydrogen) atoms. The van der Waals surface area contributed by atoms with Crippen LogP contribution in [0.3, 0.4) is 0 Å². The number of anilines is 1. The molecule has 0 aliphatic carbocycles. The van der Waals surface area contributed by atoms with Crippen molar-refractivity contribution >= 4 is 29.3 Å². The minimum absolute atomic E-state index is 0.400. The molecule has 0 aliphatic heterocycles. The van der Waals surface area contributed by atoms with E-state index in [0.717, 1.165) is 4.90 Å². The van der Waals surface area contributed by atoms with E-state index in [4.69, 9.17) is 0 Å². The van der Waals surface area contributed by atoms with Crippen LogP contribution in [0.15, 0.2) is 41.8 Å². The number of carbonyl (C=O) groups is 2. The monoisotopic (exact) mass is 319 g/mol. The molecule has 0 atom stereocenters. The molecule has 0 unspecified atom stereocenters. The van der Waals surface area contributed by atoms with E-state index >= 15 is 0 Å². The van der Waals surface area contributed by atoms with Crippen LogP contribution in [0.2, 0.25) is 0 Å². The van der Waals surface area contributed by atoms with Crippen LogP contribution in [0, 0.1) is 0 Å². The number of hydrogen-bond donors (Lipinski definition) is 2. The maximum absolute atomic E-state index is 11.7. The van der Waals surface area contributed by atoms with Crippen molar-refractivity contribution in [2.45, 2.75) is 17.9 Å². The summed E-state index contributed by atoms with van der Waals surface area (Å²) in [4.78, 5) is 28.3. The van der Waals surface area contributed by atoms with Crippen molar-refractivity contribution in [1.82, 2.24) is 20.1 Å². The minimum atomic E-state index is -0.669. The molecule has 2 N–H and O–H groups in total. The molecule has 116 valence electrons. The topological polar surface area (TPSA) is 88.9 Å². The van der Waals surface area contributed by atoms with Crippen molar-refractivity contribution in [3.63, 3.8) is 0 Å². The average Bonchev–Trinajstić information content (AvgIpc) is 3.05. The molecule has 2 aromatic rings. The number of hydrogen-bond acceptors (Lipinski definition) is 5. The van der Waals surface area contributed by atoms with E-state index in [-0.39, 0.29) is 0 Å². The van der Waals surface area contributed by atoms with Crippen LogP contribution in [0.5, 0.6) is 0 Å². The first-order chi connectivity index (χ1) is 10.7. The van der Waals surface area contributed by atoms with Gasteiger partial charge in [-0.3, -0.25) is 14.3 Å². The molecule has 0 bridgehead atoms. The summed E-state index contributed by atoms with van der Waals surface area (Å²) in [5, 5.41) is 9.08. The molecular weight excluding hydrogens is 302 g/mol. The lowest BCUT2D eigenvalue weighted by molar-refractivity contribution is -0.136. The molecule has 0 radical (unpaired) electrons. The van der Waals surface area contributed by atoms with Crippen molar-refractivity contribution in [3.05, 3.63) is 36.9 Å². The number of benzene rings is 1. The summed E-state index contributed by atoms with van der Waals surface area (Å²) in [5.74, 6) is -1.31. The number of nitrogens with zero attached hydrogens (tertiary/aromatic N) is 3. The highest BCUT2D eigenvalue weighted by atomic mass is 32.2. The summed E-state index contributed by atoms with van der Waals surface area (Å²) in [5.41, 5.74) is 0.598. The molecule has 0 saturated heterocycles. The van der Waals surface area contributed by atoms with Crippen LogP contribution < -0.4 is 10.6 Å². The van der Waals surface area contributed by atoms with Crippen molar-refractivity contribution < 1.29 is 9.59 Å². The molecule has 0 fully saturated rings. The fourth-order valence-electron chi connectivity index (χ4n) is 1.73. The van der Waals surface area contributed by atoms with Gasteiger partial charge in [-0.25, -0.2) is 4.98 Å². The number of aromatic nitrogens is 3. The van der Waals surface area contributed by atoms with Gasteiger partial charge in [0.2, 0.25) is 0 Å². The molecule has 8 heteroatoms. The number of amides is 2. The fourth-order valence-corrected chi connectivity index (χ4v) is 2.14. The standard InChI is InChI=1S/C14H17N5O2S/c1-22-12-5-3-11(4-6-12)18-14(21)13(20)16-7-2-8-19-10-15-9-17-19/h3-6,9-10H,2,7-8H2,1H3,(H,16,20)(H,18,21). The Morgan fingerprint density at radius 3 is 2.64 bits per heavy atom. The Morgan fingerprint density at radius 2 is 2.00 bits per heavy atom. The Morgan fingerprint density at radius 1 is 1.23 bits per heavy atom. The molecule has 7 nitrogen and oxygen atoms in total. The molecular formula is C14H17N5O2S. The van der Waals surface area contributed by atoms with Crippen LogP contribution in [0.25, 0.3) is 0 Å². The van der Waals surface area contributed by atoms with Gasteiger partial charge in [-0.05, 0) is 36.9 Å². The third-order valence-corrected chi connectivity index (χ3v) is 3.61. The lowest BCUT2D eigenvalue weighted by atomic mass is 10.3. The Balaban J connectivity index is 1.70. The summed E-state index contributed by atoms with van der Waals surface area (Å²) in [7, 11) is 0. The zero-order valence-electron chi connectivity index (χ0n) is 12.2. The summed E-state index contributed by atoms with van der Waals surface area (Å²) in [6.45, 7) is 1.04. The van der Waals surface area contributed by atoms with Crippen molar-refractivity contribution in [2.24, 2.45) is 0 Å². The van der Waals surface area contributed by atoms with Gasteiger partial charge in [0, 0.05) is 23.7 Å². The van der Waals surface area contributed by atoms with Crippen molar-refractivity contribution in [3.8, 4) is 0 Å². The Kier molecular flexibility index (Phi) is 5.96. The molecule has 2 amide bonds. The Labute approximate surface area is 132 Å². The lowest BCUT2D eigenvalue weighted by Crippen LogP contribution is -2.36. The molecule has 0 spiro atoms. The average molecular weight is 319 g/mol. The molecule has 1 aromatic carbocycles. The molecule has 1 heterocycles. The molecule has 0 saturated carbocycles. The summed E-state index contributed by atoms with van der Waals surface area (Å²) in [6.07, 6.45) is 5.70. The highest BCUT2D eigenvalue weighted by Crippen LogP contribution is 2.17. The largest absolute Gasteiger partial charge is 0.348 e. The maximum atomic E-state index is 11.7. The normalized spacial score (nSPS) is 10.2. The third kappa shape index (κ3) is 4.88. The number of rotatable bonds is 6. The fraction of sp³-hybridized carbons (Fsp3) is 0.286. The van der Waals surface area contributed by atoms with Crippen LogP contribution >= 0.6 is 11.8 Å². The van der Waals surface area contributed by atoms with Gasteiger partial charge < -0.3 is 10.6 Å². The van der Waals surface area contributed by atoms with Crippen LogP contribution in [-0.4, -0.2) is 39.4 Å². The van der Waals surface area contributed by atoms with E-state index in [1.54, 1.807) is 34.9 Å². The first-order valence-corrected chi connectivity index (χ1v) is 7.97. The predicted molar refractivity (Wildman–Crippen MR) is 84.5 cm³/mol. The maximum Gasteiger partial charge on any atom is 0.313 e. The zero-order valence-corrected chi connectivity index (χ0v) is 13.0. The predicted octanol–water partition coefficient (Wildman–Crippen LogP) is 1.14. The van der Waals surface area contributed by atoms with Gasteiger partial charge in [-0.1, -0.05) is 0 Å². The van der Waals surface area contributed by atoms with Crippen LogP contribution in [0.4, 0.5) is 5.69 Å². The Bertz CT molecular complexity index is 613. The highest BCUT2D eigenvalue weighted by Gasteiger charge is 2.12. The highest BCUT2D eigenvalue weighted by molar-refractivity contribution is 7.98. The third-order valence-electron chi connectivity index (χ3n) is 2.87. The lowest BCUT2D eigenvalue weighted by Gasteiger charge is -2.07. The van der Waals surface area contributed by atoms with E-state index in [2.05, 4.69) is 20.7 Å². The smallest absolute Gasteiger partial charge is 0.313 e. The molecule has 1 aromatic heterocycles.